The third-order valence-corrected chi connectivity index (χ3v) is 1.64. The molecule has 0 saturated carbocycles. The molecule has 1 atom stereocenters. The molecule has 0 aromatic heterocycles. The van der Waals surface area contributed by atoms with Gasteiger partial charge in [0.15, 0.2) is 0 Å². The molecule has 0 spiro atoms. The third kappa shape index (κ3) is 3.77. The van der Waals surface area contributed by atoms with E-state index in [2.05, 4.69) is 0 Å². The number of ether oxygens (including phenoxy) is 1. The smallest absolute Gasteiger partial charge is 0.148 e. The zero-order valence-corrected chi connectivity index (χ0v) is 9.17. The third-order valence-electron chi connectivity index (χ3n) is 1.64. The second-order valence-electron chi connectivity index (χ2n) is 4.63. The lowest BCUT2D eigenvalue weighted by Crippen LogP contribution is -2.20. The van der Waals surface area contributed by atoms with Crippen molar-refractivity contribution >= 4 is 0 Å². The van der Waals surface area contributed by atoms with Crippen molar-refractivity contribution in [3.05, 3.63) is 36.1 Å². The first kappa shape index (κ1) is 11.0. The predicted octanol–water partition coefficient (Wildman–Crippen LogP) is 3.54. The van der Waals surface area contributed by atoms with Crippen molar-refractivity contribution in [2.75, 3.05) is 0 Å². The van der Waals surface area contributed by atoms with E-state index in [1.165, 1.54) is 19.1 Å². The Hall–Kier alpha value is -1.05. The van der Waals surface area contributed by atoms with Gasteiger partial charge < -0.3 is 4.74 Å². The van der Waals surface area contributed by atoms with E-state index in [4.69, 9.17) is 4.74 Å². The molecule has 0 fully saturated rings. The van der Waals surface area contributed by atoms with Crippen LogP contribution in [0, 0.1) is 0 Å². The van der Waals surface area contributed by atoms with Crippen LogP contribution in [0.25, 0.3) is 0 Å². The van der Waals surface area contributed by atoms with Gasteiger partial charge in [-0.3, -0.25) is 0 Å². The zero-order valence-electron chi connectivity index (χ0n) is 9.17. The molecule has 0 N–H and O–H groups in total. The van der Waals surface area contributed by atoms with E-state index < -0.39 is 5.67 Å². The standard InChI is InChI=1S/C12H17FO/c1-11(2,3)14-10-7-5-6-8-12(4,13)9-10/h5-9H,1-4H3. The van der Waals surface area contributed by atoms with Crippen molar-refractivity contribution in [1.82, 2.24) is 0 Å². The van der Waals surface area contributed by atoms with Gasteiger partial charge in [-0.2, -0.15) is 0 Å². The number of hydrogen-bond donors (Lipinski definition) is 0. The Morgan fingerprint density at radius 3 is 2.50 bits per heavy atom. The first-order valence-corrected chi connectivity index (χ1v) is 4.75. The van der Waals surface area contributed by atoms with Crippen LogP contribution in [0.15, 0.2) is 36.1 Å². The molecule has 2 heteroatoms. The molecule has 1 unspecified atom stereocenters. The minimum atomic E-state index is -1.43. The van der Waals surface area contributed by atoms with E-state index in [9.17, 15) is 4.39 Å². The number of rotatable bonds is 1. The summed E-state index contributed by atoms with van der Waals surface area (Å²) in [6.45, 7) is 7.32. The maximum Gasteiger partial charge on any atom is 0.148 e. The van der Waals surface area contributed by atoms with Gasteiger partial charge in [-0.05, 0) is 45.9 Å². The Morgan fingerprint density at radius 1 is 1.29 bits per heavy atom. The van der Waals surface area contributed by atoms with Crippen LogP contribution in [-0.4, -0.2) is 11.3 Å². The van der Waals surface area contributed by atoms with E-state index in [0.29, 0.717) is 5.76 Å². The number of hydrogen-bond acceptors (Lipinski definition) is 1. The molecule has 0 aromatic carbocycles. The maximum atomic E-state index is 13.7. The molecule has 0 heterocycles. The quantitative estimate of drug-likeness (QED) is 0.623. The summed E-state index contributed by atoms with van der Waals surface area (Å²) in [6.07, 6.45) is 8.23. The first-order valence-electron chi connectivity index (χ1n) is 4.75. The second kappa shape index (κ2) is 3.60. The van der Waals surface area contributed by atoms with Crippen LogP contribution in [0.4, 0.5) is 4.39 Å². The van der Waals surface area contributed by atoms with Crippen LogP contribution in [0.5, 0.6) is 0 Å². The molecule has 0 aromatic rings. The van der Waals surface area contributed by atoms with Crippen molar-refractivity contribution in [2.24, 2.45) is 0 Å². The summed E-state index contributed by atoms with van der Waals surface area (Å²) in [6, 6.07) is 0. The van der Waals surface area contributed by atoms with Crippen LogP contribution in [0.2, 0.25) is 0 Å². The molecule has 0 amide bonds. The van der Waals surface area contributed by atoms with Gasteiger partial charge in [0.1, 0.15) is 17.0 Å². The predicted molar refractivity (Wildman–Crippen MR) is 56.7 cm³/mol. The van der Waals surface area contributed by atoms with Crippen molar-refractivity contribution in [3.63, 3.8) is 0 Å². The van der Waals surface area contributed by atoms with Crippen LogP contribution in [0.1, 0.15) is 27.7 Å². The number of halogens is 1. The molecule has 1 nitrogen and oxygen atoms in total. The van der Waals surface area contributed by atoms with Crippen LogP contribution in [-0.2, 0) is 4.74 Å². The summed E-state index contributed by atoms with van der Waals surface area (Å²) in [5, 5.41) is 0. The van der Waals surface area contributed by atoms with Gasteiger partial charge >= 0.3 is 0 Å². The summed E-state index contributed by atoms with van der Waals surface area (Å²) in [5.74, 6) is 0.576. The fourth-order valence-electron chi connectivity index (χ4n) is 1.19. The van der Waals surface area contributed by atoms with E-state index in [0.717, 1.165) is 0 Å². The fourth-order valence-corrected chi connectivity index (χ4v) is 1.19. The number of allylic oxidation sites excluding steroid dienone is 5. The van der Waals surface area contributed by atoms with Gasteiger partial charge in [-0.25, -0.2) is 4.39 Å². The van der Waals surface area contributed by atoms with Crippen LogP contribution < -0.4 is 0 Å². The monoisotopic (exact) mass is 196 g/mol. The van der Waals surface area contributed by atoms with Crippen LogP contribution in [0.3, 0.4) is 0 Å². The summed E-state index contributed by atoms with van der Waals surface area (Å²) < 4.78 is 19.3. The van der Waals surface area contributed by atoms with E-state index >= 15 is 0 Å². The molecule has 0 aliphatic heterocycles. The van der Waals surface area contributed by atoms with Gasteiger partial charge in [-0.15, -0.1) is 0 Å². The van der Waals surface area contributed by atoms with Crippen molar-refractivity contribution in [3.8, 4) is 0 Å². The molecule has 14 heavy (non-hydrogen) atoms. The Kier molecular flexibility index (Phi) is 2.84. The minimum Gasteiger partial charge on any atom is -0.488 e. The Bertz CT molecular complexity index is 290. The van der Waals surface area contributed by atoms with E-state index in [1.54, 1.807) is 18.2 Å². The molecule has 1 rings (SSSR count). The molecule has 78 valence electrons. The van der Waals surface area contributed by atoms with Gasteiger partial charge in [-0.1, -0.05) is 12.2 Å². The molecular formula is C12H17FO. The Labute approximate surface area is 85.0 Å². The highest BCUT2D eigenvalue weighted by atomic mass is 19.1. The first-order chi connectivity index (χ1) is 6.29. The summed E-state index contributed by atoms with van der Waals surface area (Å²) in [7, 11) is 0. The topological polar surface area (TPSA) is 9.23 Å². The largest absolute Gasteiger partial charge is 0.488 e. The normalized spacial score (nSPS) is 27.1. The van der Waals surface area contributed by atoms with Gasteiger partial charge in [0.05, 0.1) is 0 Å². The molecule has 1 aliphatic carbocycles. The summed E-state index contributed by atoms with van der Waals surface area (Å²) in [5.41, 5.74) is -1.72. The van der Waals surface area contributed by atoms with Crippen molar-refractivity contribution in [1.29, 1.82) is 0 Å². The highest BCUT2D eigenvalue weighted by Crippen LogP contribution is 2.23. The van der Waals surface area contributed by atoms with Crippen LogP contribution >= 0.6 is 0 Å². The van der Waals surface area contributed by atoms with Gasteiger partial charge in [0.25, 0.3) is 0 Å². The lowest BCUT2D eigenvalue weighted by atomic mass is 10.1. The van der Waals surface area contributed by atoms with E-state index in [1.807, 2.05) is 20.8 Å². The van der Waals surface area contributed by atoms with E-state index in [-0.39, 0.29) is 5.60 Å². The second-order valence-corrected chi connectivity index (χ2v) is 4.63. The molecule has 0 saturated heterocycles. The fraction of sp³-hybridized carbons (Fsp3) is 0.500. The Morgan fingerprint density at radius 2 is 1.93 bits per heavy atom. The average molecular weight is 196 g/mol. The molecule has 1 aliphatic rings. The summed E-state index contributed by atoms with van der Waals surface area (Å²) in [4.78, 5) is 0. The minimum absolute atomic E-state index is 0.295. The van der Waals surface area contributed by atoms with Gasteiger partial charge in [0, 0.05) is 0 Å². The zero-order chi connectivity index (χ0) is 10.8. The van der Waals surface area contributed by atoms with Crippen molar-refractivity contribution < 1.29 is 9.13 Å². The highest BCUT2D eigenvalue weighted by Gasteiger charge is 2.20. The lowest BCUT2D eigenvalue weighted by Gasteiger charge is -2.23. The van der Waals surface area contributed by atoms with Gasteiger partial charge in [0.2, 0.25) is 0 Å². The maximum absolute atomic E-state index is 13.7. The molecular weight excluding hydrogens is 179 g/mol. The molecule has 0 bridgehead atoms. The average Bonchev–Trinajstić information content (AvgIpc) is 2.06. The van der Waals surface area contributed by atoms with Crippen molar-refractivity contribution in [2.45, 2.75) is 39.0 Å². The lowest BCUT2D eigenvalue weighted by molar-refractivity contribution is 0.0576. The SMILES string of the molecule is CC1(F)C=CC=CC(OC(C)(C)C)=C1. The molecule has 0 radical (unpaired) electrons. The highest BCUT2D eigenvalue weighted by molar-refractivity contribution is 5.29. The number of alkyl halides is 1. The summed E-state index contributed by atoms with van der Waals surface area (Å²) >= 11 is 0. The Balaban J connectivity index is 2.84.